The number of carboxylic acid groups (broad SMARTS) is 1. The smallest absolute Gasteiger partial charge is 0.404 e. The average molecular weight is 505 g/mol. The highest BCUT2D eigenvalue weighted by Crippen LogP contribution is 2.39. The number of nitrogens with zero attached hydrogens (tertiary/aromatic N) is 1. The van der Waals surface area contributed by atoms with E-state index in [4.69, 9.17) is 11.6 Å². The van der Waals surface area contributed by atoms with Gasteiger partial charge in [0.2, 0.25) is 5.91 Å². The van der Waals surface area contributed by atoms with Gasteiger partial charge in [-0.15, -0.1) is 0 Å². The predicted molar refractivity (Wildman–Crippen MR) is 121 cm³/mol. The van der Waals surface area contributed by atoms with Crippen molar-refractivity contribution >= 4 is 23.5 Å². The van der Waals surface area contributed by atoms with Crippen molar-refractivity contribution in [1.82, 2.24) is 10.2 Å². The van der Waals surface area contributed by atoms with Gasteiger partial charge in [0.15, 0.2) is 5.85 Å². The lowest BCUT2D eigenvalue weighted by molar-refractivity contribution is -0.236. The van der Waals surface area contributed by atoms with Crippen LogP contribution in [0, 0.1) is 11.8 Å². The second kappa shape index (κ2) is 10.8. The molecule has 1 aliphatic heterocycles. The Balaban J connectivity index is 1.74. The molecule has 1 saturated carbocycles. The van der Waals surface area contributed by atoms with Gasteiger partial charge in [0, 0.05) is 5.02 Å². The Labute approximate surface area is 202 Å². The highest BCUT2D eigenvalue weighted by atomic mass is 35.5. The van der Waals surface area contributed by atoms with Gasteiger partial charge in [0.1, 0.15) is 12.1 Å². The largest absolute Gasteiger partial charge is 0.480 e. The first-order chi connectivity index (χ1) is 15.9. The molecular formula is C24H32ClF3N2O4. The van der Waals surface area contributed by atoms with Crippen LogP contribution in [0.15, 0.2) is 24.3 Å². The molecule has 2 fully saturated rings. The van der Waals surface area contributed by atoms with Crippen LogP contribution < -0.4 is 5.32 Å². The van der Waals surface area contributed by atoms with Crippen LogP contribution in [0.2, 0.25) is 5.02 Å². The Morgan fingerprint density at radius 1 is 1.21 bits per heavy atom. The number of alkyl halides is 3. The minimum atomic E-state index is -4.66. The van der Waals surface area contributed by atoms with Crippen LogP contribution in [0.3, 0.4) is 0 Å². The number of carboxylic acids is 1. The second-order valence-corrected chi connectivity index (χ2v) is 9.99. The molecule has 1 aromatic rings. The highest BCUT2D eigenvalue weighted by Gasteiger charge is 2.59. The minimum Gasteiger partial charge on any atom is -0.480 e. The maximum atomic E-state index is 14.0. The molecule has 4 atom stereocenters. The first kappa shape index (κ1) is 26.8. The van der Waals surface area contributed by atoms with E-state index in [1.807, 2.05) is 0 Å². The number of hydrogen-bond acceptors (Lipinski definition) is 4. The molecule has 0 radical (unpaired) electrons. The summed E-state index contributed by atoms with van der Waals surface area (Å²) in [5.74, 6) is -6.23. The van der Waals surface area contributed by atoms with Crippen molar-refractivity contribution < 1.29 is 33.0 Å². The molecule has 2 aliphatic rings. The van der Waals surface area contributed by atoms with Crippen molar-refractivity contribution in [1.29, 1.82) is 0 Å². The van der Waals surface area contributed by atoms with Crippen molar-refractivity contribution in [3.63, 3.8) is 0 Å². The second-order valence-electron chi connectivity index (χ2n) is 9.56. The standard InChI is InChI=1S/C24H32ClF3N2O4/c1-23(34,29-20(24(26,27)28)16-9-5-3-2-4-6-10-16)30-19(22(32)33)18(21(30)31)13-12-15-8-7-11-17(25)14-15/h7-8,11,14,16,18-20,29,34H,2-6,9-10,12-13H2,1H3,(H,32,33)/t18-,19+,20+,23+/m1/s1. The SMILES string of the molecule is C[C@](O)(N[C@@H](C1CCCCCCC1)C(F)(F)F)N1C(=O)[C@H](CCc2cccc(Cl)c2)[C@H]1C(=O)O. The molecular weight excluding hydrogens is 473 g/mol. The minimum absolute atomic E-state index is 0.175. The van der Waals surface area contributed by atoms with E-state index in [9.17, 15) is 33.0 Å². The number of carbonyl (C=O) groups excluding carboxylic acids is 1. The number of likely N-dealkylation sites (tertiary alicyclic amines) is 1. The fraction of sp³-hybridized carbons (Fsp3) is 0.667. The summed E-state index contributed by atoms with van der Waals surface area (Å²) in [6, 6.07) is 3.45. The van der Waals surface area contributed by atoms with E-state index in [0.29, 0.717) is 42.0 Å². The third-order valence-corrected chi connectivity index (χ3v) is 7.21. The van der Waals surface area contributed by atoms with E-state index < -0.39 is 47.8 Å². The lowest BCUT2D eigenvalue weighted by Gasteiger charge is -2.53. The summed E-state index contributed by atoms with van der Waals surface area (Å²) >= 11 is 5.96. The maximum Gasteiger partial charge on any atom is 0.404 e. The number of aliphatic hydroxyl groups is 1. The molecule has 3 rings (SSSR count). The molecule has 1 saturated heterocycles. The Morgan fingerprint density at radius 2 is 1.82 bits per heavy atom. The quantitative estimate of drug-likeness (QED) is 0.352. The molecule has 1 aliphatic carbocycles. The molecule has 1 heterocycles. The predicted octanol–water partition coefficient (Wildman–Crippen LogP) is 4.73. The van der Waals surface area contributed by atoms with Crippen LogP contribution in [-0.4, -0.2) is 51.1 Å². The van der Waals surface area contributed by atoms with Crippen molar-refractivity contribution in [2.75, 3.05) is 0 Å². The molecule has 0 bridgehead atoms. The summed E-state index contributed by atoms with van der Waals surface area (Å²) in [7, 11) is 0. The highest BCUT2D eigenvalue weighted by molar-refractivity contribution is 6.30. The lowest BCUT2D eigenvalue weighted by atomic mass is 9.81. The summed E-state index contributed by atoms with van der Waals surface area (Å²) < 4.78 is 42.1. The molecule has 6 nitrogen and oxygen atoms in total. The van der Waals surface area contributed by atoms with Crippen molar-refractivity contribution in [3.8, 4) is 0 Å². The van der Waals surface area contributed by atoms with Crippen molar-refractivity contribution in [2.24, 2.45) is 11.8 Å². The fourth-order valence-electron chi connectivity index (χ4n) is 5.26. The van der Waals surface area contributed by atoms with E-state index >= 15 is 0 Å². The van der Waals surface area contributed by atoms with Gasteiger partial charge in [-0.25, -0.2) is 4.79 Å². The lowest BCUT2D eigenvalue weighted by Crippen LogP contribution is -2.77. The number of β-lactam (4-membered cyclic amide) rings is 1. The Bertz CT molecular complexity index is 872. The van der Waals surface area contributed by atoms with Gasteiger partial charge in [0.25, 0.3) is 0 Å². The van der Waals surface area contributed by atoms with E-state index in [1.54, 1.807) is 24.3 Å². The van der Waals surface area contributed by atoms with E-state index in [-0.39, 0.29) is 6.42 Å². The van der Waals surface area contributed by atoms with Crippen molar-refractivity contribution in [3.05, 3.63) is 34.9 Å². The molecule has 0 unspecified atom stereocenters. The molecule has 10 heteroatoms. The monoisotopic (exact) mass is 504 g/mol. The van der Waals surface area contributed by atoms with Gasteiger partial charge >= 0.3 is 12.1 Å². The van der Waals surface area contributed by atoms with Crippen molar-refractivity contribution in [2.45, 2.75) is 88.8 Å². The zero-order chi connectivity index (χ0) is 25.1. The Kier molecular flexibility index (Phi) is 8.52. The van der Waals surface area contributed by atoms with E-state index in [2.05, 4.69) is 5.32 Å². The number of nitrogens with one attached hydrogen (secondary N) is 1. The first-order valence-corrected chi connectivity index (χ1v) is 12.2. The molecule has 1 aromatic carbocycles. The number of halogens is 4. The third-order valence-electron chi connectivity index (χ3n) is 6.97. The first-order valence-electron chi connectivity index (χ1n) is 11.8. The number of carbonyl (C=O) groups is 2. The molecule has 1 amide bonds. The topological polar surface area (TPSA) is 89.9 Å². The van der Waals surface area contributed by atoms with Crippen LogP contribution in [0.4, 0.5) is 13.2 Å². The van der Waals surface area contributed by atoms with Gasteiger partial charge < -0.3 is 10.2 Å². The van der Waals surface area contributed by atoms with Gasteiger partial charge in [0.05, 0.1) is 5.92 Å². The van der Waals surface area contributed by atoms with Gasteiger partial charge in [-0.2, -0.15) is 13.2 Å². The zero-order valence-corrected chi connectivity index (χ0v) is 19.9. The number of amides is 1. The Morgan fingerprint density at radius 3 is 2.38 bits per heavy atom. The molecule has 190 valence electrons. The molecule has 34 heavy (non-hydrogen) atoms. The number of rotatable bonds is 8. The summed E-state index contributed by atoms with van der Waals surface area (Å²) in [5, 5.41) is 23.4. The molecule has 0 spiro atoms. The number of benzene rings is 1. The third kappa shape index (κ3) is 6.23. The van der Waals surface area contributed by atoms with E-state index in [1.165, 1.54) is 0 Å². The summed E-state index contributed by atoms with van der Waals surface area (Å²) in [5.41, 5.74) is 0.814. The van der Waals surface area contributed by atoms with Crippen LogP contribution >= 0.6 is 11.6 Å². The van der Waals surface area contributed by atoms with Crippen LogP contribution in [-0.2, 0) is 16.0 Å². The number of aryl methyl sites for hydroxylation is 1. The summed E-state index contributed by atoms with van der Waals surface area (Å²) in [6.45, 7) is 1.02. The molecule has 3 N–H and O–H groups in total. The zero-order valence-electron chi connectivity index (χ0n) is 19.2. The van der Waals surface area contributed by atoms with Gasteiger partial charge in [-0.05, 0) is 56.2 Å². The van der Waals surface area contributed by atoms with Crippen LogP contribution in [0.5, 0.6) is 0 Å². The van der Waals surface area contributed by atoms with Crippen LogP contribution in [0.25, 0.3) is 0 Å². The van der Waals surface area contributed by atoms with Gasteiger partial charge in [-0.1, -0.05) is 55.8 Å². The average Bonchev–Trinajstić information content (AvgIpc) is 2.69. The van der Waals surface area contributed by atoms with E-state index in [0.717, 1.165) is 31.7 Å². The fourth-order valence-corrected chi connectivity index (χ4v) is 5.48. The normalized spacial score (nSPS) is 25.1. The molecule has 0 aromatic heterocycles. The van der Waals surface area contributed by atoms with Crippen LogP contribution in [0.1, 0.15) is 63.9 Å². The maximum absolute atomic E-state index is 14.0. The number of aliphatic carboxylic acids is 1. The summed E-state index contributed by atoms with van der Waals surface area (Å²) in [4.78, 5) is 25.5. The van der Waals surface area contributed by atoms with Gasteiger partial charge in [-0.3, -0.25) is 15.0 Å². The summed E-state index contributed by atoms with van der Waals surface area (Å²) in [6.07, 6.45) is 0.623. The number of hydrogen-bond donors (Lipinski definition) is 3. The Hall–Kier alpha value is -1.84.